The van der Waals surface area contributed by atoms with Gasteiger partial charge in [-0.2, -0.15) is 11.8 Å². The van der Waals surface area contributed by atoms with Gasteiger partial charge in [0.25, 0.3) is 5.69 Å². The number of hydrogen-bond donors (Lipinski definition) is 1. The van der Waals surface area contributed by atoms with Crippen LogP contribution in [0.15, 0.2) is 24.3 Å². The maximum Gasteiger partial charge on any atom is 0.292 e. The van der Waals surface area contributed by atoms with E-state index in [0.717, 1.165) is 18.1 Å². The lowest BCUT2D eigenvalue weighted by atomic mass is 9.94. The Labute approximate surface area is 111 Å². The number of nitro benzene ring substituents is 1. The zero-order valence-corrected chi connectivity index (χ0v) is 11.3. The van der Waals surface area contributed by atoms with Crippen LogP contribution in [0.4, 0.5) is 11.4 Å². The number of nitro groups is 1. The second-order valence-corrected chi connectivity index (χ2v) is 5.77. The molecule has 1 saturated carbocycles. The Kier molecular flexibility index (Phi) is 4.47. The van der Waals surface area contributed by atoms with Crippen molar-refractivity contribution in [3.8, 4) is 0 Å². The van der Waals surface area contributed by atoms with Gasteiger partial charge in [-0.15, -0.1) is 0 Å². The fraction of sp³-hybridized carbons (Fsp3) is 0.538. The SMILES string of the molecule is CSC1CCC(Nc2ccccc2[N+](=O)[O-])CC1. The first-order valence-corrected chi connectivity index (χ1v) is 7.52. The van der Waals surface area contributed by atoms with E-state index in [1.165, 1.54) is 12.8 Å². The quantitative estimate of drug-likeness (QED) is 0.667. The van der Waals surface area contributed by atoms with E-state index in [4.69, 9.17) is 0 Å². The van der Waals surface area contributed by atoms with Gasteiger partial charge in [-0.3, -0.25) is 10.1 Å². The number of benzene rings is 1. The summed E-state index contributed by atoms with van der Waals surface area (Å²) in [6.07, 6.45) is 6.73. The second-order valence-electron chi connectivity index (χ2n) is 4.63. The van der Waals surface area contributed by atoms with Gasteiger partial charge in [-0.1, -0.05) is 12.1 Å². The summed E-state index contributed by atoms with van der Waals surface area (Å²) < 4.78 is 0. The van der Waals surface area contributed by atoms with Crippen molar-refractivity contribution < 1.29 is 4.92 Å². The number of para-hydroxylation sites is 2. The Hall–Kier alpha value is -1.23. The standard InChI is InChI=1S/C13H18N2O2S/c1-18-11-8-6-10(7-9-11)14-12-4-2-3-5-13(12)15(16)17/h2-5,10-11,14H,6-9H2,1H3. The minimum absolute atomic E-state index is 0.171. The highest BCUT2D eigenvalue weighted by Crippen LogP contribution is 2.31. The Balaban J connectivity index is 2.00. The van der Waals surface area contributed by atoms with Gasteiger partial charge in [0, 0.05) is 17.4 Å². The van der Waals surface area contributed by atoms with E-state index < -0.39 is 0 Å². The second kappa shape index (κ2) is 6.09. The van der Waals surface area contributed by atoms with Gasteiger partial charge in [-0.05, 0) is 38.0 Å². The lowest BCUT2D eigenvalue weighted by molar-refractivity contribution is -0.384. The summed E-state index contributed by atoms with van der Waals surface area (Å²) in [5, 5.41) is 15.0. The van der Waals surface area contributed by atoms with Crippen LogP contribution in [-0.4, -0.2) is 22.5 Å². The highest BCUT2D eigenvalue weighted by molar-refractivity contribution is 7.99. The molecule has 0 spiro atoms. The van der Waals surface area contributed by atoms with Gasteiger partial charge in [0.05, 0.1) is 4.92 Å². The van der Waals surface area contributed by atoms with Crippen molar-refractivity contribution in [2.24, 2.45) is 0 Å². The summed E-state index contributed by atoms with van der Waals surface area (Å²) in [6.45, 7) is 0. The van der Waals surface area contributed by atoms with Crippen molar-refractivity contribution in [1.29, 1.82) is 0 Å². The molecule has 0 unspecified atom stereocenters. The van der Waals surface area contributed by atoms with Crippen molar-refractivity contribution >= 4 is 23.1 Å². The van der Waals surface area contributed by atoms with Crippen LogP contribution >= 0.6 is 11.8 Å². The van der Waals surface area contributed by atoms with Gasteiger partial charge >= 0.3 is 0 Å². The average Bonchev–Trinajstić information content (AvgIpc) is 2.40. The van der Waals surface area contributed by atoms with Crippen LogP contribution in [0.1, 0.15) is 25.7 Å². The van der Waals surface area contributed by atoms with E-state index in [1.807, 2.05) is 17.8 Å². The molecular weight excluding hydrogens is 248 g/mol. The zero-order chi connectivity index (χ0) is 13.0. The molecule has 0 radical (unpaired) electrons. The summed E-state index contributed by atoms with van der Waals surface area (Å²) in [5.41, 5.74) is 0.819. The van der Waals surface area contributed by atoms with Crippen molar-refractivity contribution in [1.82, 2.24) is 0 Å². The predicted molar refractivity (Wildman–Crippen MR) is 76.3 cm³/mol. The summed E-state index contributed by atoms with van der Waals surface area (Å²) in [7, 11) is 0. The molecular formula is C13H18N2O2S. The molecule has 98 valence electrons. The molecule has 1 aliphatic rings. The highest BCUT2D eigenvalue weighted by Gasteiger charge is 2.22. The lowest BCUT2D eigenvalue weighted by Gasteiger charge is -2.28. The zero-order valence-electron chi connectivity index (χ0n) is 10.5. The Morgan fingerprint density at radius 2 is 1.94 bits per heavy atom. The van der Waals surface area contributed by atoms with Crippen molar-refractivity contribution in [3.63, 3.8) is 0 Å². The van der Waals surface area contributed by atoms with Crippen molar-refractivity contribution in [2.45, 2.75) is 37.0 Å². The molecule has 0 bridgehead atoms. The summed E-state index contributed by atoms with van der Waals surface area (Å²) in [5.74, 6) is 0. The molecule has 0 saturated heterocycles. The van der Waals surface area contributed by atoms with Crippen LogP contribution < -0.4 is 5.32 Å². The van der Waals surface area contributed by atoms with Gasteiger partial charge in [0.1, 0.15) is 5.69 Å². The molecule has 4 nitrogen and oxygen atoms in total. The number of thioether (sulfide) groups is 1. The van der Waals surface area contributed by atoms with Crippen LogP contribution in [0.5, 0.6) is 0 Å². The Morgan fingerprint density at radius 1 is 1.28 bits per heavy atom. The maximum atomic E-state index is 10.9. The first-order chi connectivity index (χ1) is 8.70. The fourth-order valence-electron chi connectivity index (χ4n) is 2.42. The first kappa shape index (κ1) is 13.2. The number of anilines is 1. The van der Waals surface area contributed by atoms with Crippen LogP contribution in [0, 0.1) is 10.1 Å². The summed E-state index contributed by atoms with van der Waals surface area (Å²) >= 11 is 1.93. The van der Waals surface area contributed by atoms with E-state index in [2.05, 4.69) is 11.6 Å². The third-order valence-corrected chi connectivity index (χ3v) is 4.61. The number of nitrogens with one attached hydrogen (secondary N) is 1. The third kappa shape index (κ3) is 3.16. The van der Waals surface area contributed by atoms with E-state index >= 15 is 0 Å². The smallest absolute Gasteiger partial charge is 0.292 e. The molecule has 1 N–H and O–H groups in total. The molecule has 1 aliphatic carbocycles. The molecule has 0 heterocycles. The minimum Gasteiger partial charge on any atom is -0.377 e. The van der Waals surface area contributed by atoms with Gasteiger partial charge in [-0.25, -0.2) is 0 Å². The van der Waals surface area contributed by atoms with Crippen LogP contribution in [0.3, 0.4) is 0 Å². The third-order valence-electron chi connectivity index (χ3n) is 3.47. The van der Waals surface area contributed by atoms with Crippen LogP contribution in [0.25, 0.3) is 0 Å². The van der Waals surface area contributed by atoms with E-state index in [-0.39, 0.29) is 10.6 Å². The predicted octanol–water partition coefficient (Wildman–Crippen LogP) is 3.68. The monoisotopic (exact) mass is 266 g/mol. The molecule has 1 aromatic carbocycles. The molecule has 5 heteroatoms. The number of rotatable bonds is 4. The van der Waals surface area contributed by atoms with Crippen LogP contribution in [0.2, 0.25) is 0 Å². The molecule has 0 aliphatic heterocycles. The van der Waals surface area contributed by atoms with Gasteiger partial charge in [0.2, 0.25) is 0 Å². The number of hydrogen-bond acceptors (Lipinski definition) is 4. The van der Waals surface area contributed by atoms with Crippen molar-refractivity contribution in [2.75, 3.05) is 11.6 Å². The molecule has 2 rings (SSSR count). The van der Waals surface area contributed by atoms with Crippen molar-refractivity contribution in [3.05, 3.63) is 34.4 Å². The molecule has 0 aromatic heterocycles. The largest absolute Gasteiger partial charge is 0.377 e. The Morgan fingerprint density at radius 3 is 2.56 bits per heavy atom. The van der Waals surface area contributed by atoms with E-state index in [1.54, 1.807) is 18.2 Å². The molecule has 0 atom stereocenters. The average molecular weight is 266 g/mol. The van der Waals surface area contributed by atoms with Gasteiger partial charge < -0.3 is 5.32 Å². The van der Waals surface area contributed by atoms with Crippen LogP contribution in [-0.2, 0) is 0 Å². The van der Waals surface area contributed by atoms with E-state index in [9.17, 15) is 10.1 Å². The first-order valence-electron chi connectivity index (χ1n) is 6.23. The Bertz CT molecular complexity index is 417. The molecule has 0 amide bonds. The highest BCUT2D eigenvalue weighted by atomic mass is 32.2. The fourth-order valence-corrected chi connectivity index (χ4v) is 3.16. The van der Waals surface area contributed by atoms with E-state index in [0.29, 0.717) is 11.7 Å². The number of nitrogens with zero attached hydrogens (tertiary/aromatic N) is 1. The normalized spacial score (nSPS) is 23.6. The molecule has 1 fully saturated rings. The van der Waals surface area contributed by atoms with Gasteiger partial charge in [0.15, 0.2) is 0 Å². The minimum atomic E-state index is -0.324. The summed E-state index contributed by atoms with van der Waals surface area (Å²) in [4.78, 5) is 10.6. The lowest BCUT2D eigenvalue weighted by Crippen LogP contribution is -2.27. The maximum absolute atomic E-state index is 10.9. The molecule has 18 heavy (non-hydrogen) atoms. The molecule has 1 aromatic rings. The summed E-state index contributed by atoms with van der Waals surface area (Å²) in [6, 6.07) is 7.25. The topological polar surface area (TPSA) is 55.2 Å².